The summed E-state index contributed by atoms with van der Waals surface area (Å²) < 4.78 is 18.9. The number of para-hydroxylation sites is 1. The number of H-pyrrole nitrogens is 1. The summed E-state index contributed by atoms with van der Waals surface area (Å²) in [5.41, 5.74) is 1.32. The fourth-order valence-corrected chi connectivity index (χ4v) is 2.86. The number of aromatic amines is 1. The maximum absolute atomic E-state index is 13.7. The van der Waals surface area contributed by atoms with Gasteiger partial charge in [0.15, 0.2) is 6.10 Å². The third kappa shape index (κ3) is 3.56. The molecule has 0 aliphatic heterocycles. The van der Waals surface area contributed by atoms with E-state index in [0.717, 1.165) is 10.9 Å². The lowest BCUT2D eigenvalue weighted by Crippen LogP contribution is -2.25. The molecule has 1 heterocycles. The molecule has 1 atom stereocenters. The second-order valence-corrected chi connectivity index (χ2v) is 6.03. The summed E-state index contributed by atoms with van der Waals surface area (Å²) >= 11 is 5.90. The molecule has 0 spiro atoms. The summed E-state index contributed by atoms with van der Waals surface area (Å²) in [4.78, 5) is 27.6. The first kappa shape index (κ1) is 17.2. The highest BCUT2D eigenvalue weighted by Gasteiger charge is 2.23. The van der Waals surface area contributed by atoms with E-state index < -0.39 is 17.9 Å². The Labute approximate surface area is 148 Å². The van der Waals surface area contributed by atoms with Crippen molar-refractivity contribution in [2.24, 2.45) is 0 Å². The number of fused-ring (bicyclic) bond motifs is 1. The van der Waals surface area contributed by atoms with Crippen LogP contribution in [0.1, 0.15) is 22.8 Å². The predicted molar refractivity (Wildman–Crippen MR) is 93.3 cm³/mol. The minimum Gasteiger partial charge on any atom is -0.454 e. The molecule has 0 saturated heterocycles. The highest BCUT2D eigenvalue weighted by atomic mass is 35.5. The number of Topliss-reactive ketones (excluding diaryl/α,β-unsaturated/α-hetero) is 1. The molecule has 0 radical (unpaired) electrons. The maximum atomic E-state index is 13.7. The van der Waals surface area contributed by atoms with Crippen LogP contribution in [0.4, 0.5) is 4.39 Å². The van der Waals surface area contributed by atoms with Gasteiger partial charge in [-0.2, -0.15) is 0 Å². The number of nitrogens with one attached hydrogen (secondary N) is 1. The third-order valence-corrected chi connectivity index (χ3v) is 4.27. The lowest BCUT2D eigenvalue weighted by Gasteiger charge is -2.12. The van der Waals surface area contributed by atoms with Crippen LogP contribution in [0.2, 0.25) is 5.02 Å². The predicted octanol–water partition coefficient (Wildman–Crippen LogP) is 4.32. The van der Waals surface area contributed by atoms with Crippen molar-refractivity contribution in [3.63, 3.8) is 0 Å². The van der Waals surface area contributed by atoms with Crippen molar-refractivity contribution in [1.29, 1.82) is 0 Å². The van der Waals surface area contributed by atoms with Crippen LogP contribution in [0.25, 0.3) is 10.9 Å². The van der Waals surface area contributed by atoms with E-state index in [0.29, 0.717) is 5.56 Å². The van der Waals surface area contributed by atoms with Crippen molar-refractivity contribution in [2.75, 3.05) is 0 Å². The summed E-state index contributed by atoms with van der Waals surface area (Å²) in [5.74, 6) is -1.63. The quantitative estimate of drug-likeness (QED) is 0.545. The first-order valence-electron chi connectivity index (χ1n) is 7.70. The Bertz CT molecular complexity index is 930. The molecule has 0 saturated carbocycles. The average molecular weight is 360 g/mol. The fourth-order valence-electron chi connectivity index (χ4n) is 2.63. The number of hydrogen-bond donors (Lipinski definition) is 1. The van der Waals surface area contributed by atoms with Crippen molar-refractivity contribution in [3.8, 4) is 0 Å². The van der Waals surface area contributed by atoms with E-state index in [4.69, 9.17) is 16.3 Å². The van der Waals surface area contributed by atoms with Crippen LogP contribution in [0.15, 0.2) is 48.7 Å². The van der Waals surface area contributed by atoms with Crippen LogP contribution in [0.3, 0.4) is 0 Å². The number of esters is 1. The summed E-state index contributed by atoms with van der Waals surface area (Å²) in [6.07, 6.45) is 0.263. The van der Waals surface area contributed by atoms with E-state index in [1.165, 1.54) is 25.1 Å². The van der Waals surface area contributed by atoms with Gasteiger partial charge in [-0.05, 0) is 25.1 Å². The number of benzene rings is 2. The lowest BCUT2D eigenvalue weighted by molar-refractivity contribution is -0.145. The molecule has 3 rings (SSSR count). The Morgan fingerprint density at radius 1 is 1.20 bits per heavy atom. The van der Waals surface area contributed by atoms with Gasteiger partial charge in [0.2, 0.25) is 5.78 Å². The first-order valence-corrected chi connectivity index (χ1v) is 8.08. The van der Waals surface area contributed by atoms with Crippen molar-refractivity contribution in [2.45, 2.75) is 19.4 Å². The summed E-state index contributed by atoms with van der Waals surface area (Å²) in [7, 11) is 0. The van der Waals surface area contributed by atoms with Gasteiger partial charge >= 0.3 is 5.97 Å². The van der Waals surface area contributed by atoms with Gasteiger partial charge in [-0.3, -0.25) is 9.59 Å². The molecule has 25 heavy (non-hydrogen) atoms. The molecule has 0 amide bonds. The van der Waals surface area contributed by atoms with Crippen molar-refractivity contribution < 1.29 is 18.7 Å². The molecule has 3 aromatic rings. The Balaban J connectivity index is 1.72. The van der Waals surface area contributed by atoms with E-state index in [1.807, 2.05) is 24.3 Å². The number of carbonyl (C=O) groups excluding carboxylic acids is 2. The number of ether oxygens (including phenoxy) is 1. The number of halogens is 2. The number of carbonyl (C=O) groups is 2. The molecular formula is C19H15ClFNO3. The van der Waals surface area contributed by atoms with E-state index in [2.05, 4.69) is 4.98 Å². The van der Waals surface area contributed by atoms with Crippen LogP contribution < -0.4 is 0 Å². The normalized spacial score (nSPS) is 12.1. The topological polar surface area (TPSA) is 59.2 Å². The minimum atomic E-state index is -0.989. The van der Waals surface area contributed by atoms with Crippen LogP contribution >= 0.6 is 11.6 Å². The number of rotatable bonds is 5. The van der Waals surface area contributed by atoms with Crippen molar-refractivity contribution in [1.82, 2.24) is 4.98 Å². The second-order valence-electron chi connectivity index (χ2n) is 5.62. The Kier molecular flexibility index (Phi) is 4.86. The smallest absolute Gasteiger partial charge is 0.311 e. The Hall–Kier alpha value is -2.66. The second kappa shape index (κ2) is 7.07. The Morgan fingerprint density at radius 3 is 2.72 bits per heavy atom. The first-order chi connectivity index (χ1) is 12.0. The SMILES string of the molecule is C[C@@H](OC(=O)Cc1c(F)cccc1Cl)C(=O)c1c[nH]c2ccccc12. The molecule has 0 unspecified atom stereocenters. The highest BCUT2D eigenvalue weighted by Crippen LogP contribution is 2.22. The molecule has 128 valence electrons. The molecule has 0 aliphatic rings. The van der Waals surface area contributed by atoms with Crippen LogP contribution in [0, 0.1) is 5.82 Å². The third-order valence-electron chi connectivity index (χ3n) is 3.91. The van der Waals surface area contributed by atoms with Gasteiger partial charge in [0.05, 0.1) is 6.42 Å². The van der Waals surface area contributed by atoms with Gasteiger partial charge in [0, 0.05) is 33.2 Å². The number of hydrogen-bond acceptors (Lipinski definition) is 3. The van der Waals surface area contributed by atoms with Crippen LogP contribution in [-0.4, -0.2) is 22.8 Å². The largest absolute Gasteiger partial charge is 0.454 e. The Morgan fingerprint density at radius 2 is 1.96 bits per heavy atom. The molecule has 0 bridgehead atoms. The zero-order chi connectivity index (χ0) is 18.0. The molecule has 4 nitrogen and oxygen atoms in total. The van der Waals surface area contributed by atoms with Crippen LogP contribution in [-0.2, 0) is 16.0 Å². The molecule has 1 aromatic heterocycles. The minimum absolute atomic E-state index is 0.0564. The van der Waals surface area contributed by atoms with Crippen molar-refractivity contribution >= 4 is 34.3 Å². The number of ketones is 1. The van der Waals surface area contributed by atoms with Gasteiger partial charge in [-0.1, -0.05) is 35.9 Å². The lowest BCUT2D eigenvalue weighted by atomic mass is 10.1. The average Bonchev–Trinajstić information content (AvgIpc) is 3.01. The summed E-state index contributed by atoms with van der Waals surface area (Å²) in [6.45, 7) is 1.49. The van der Waals surface area contributed by atoms with Crippen LogP contribution in [0.5, 0.6) is 0 Å². The molecule has 0 fully saturated rings. The fraction of sp³-hybridized carbons (Fsp3) is 0.158. The van der Waals surface area contributed by atoms with E-state index in [-0.39, 0.29) is 22.8 Å². The zero-order valence-corrected chi connectivity index (χ0v) is 14.1. The number of aromatic nitrogens is 1. The zero-order valence-electron chi connectivity index (χ0n) is 13.4. The monoisotopic (exact) mass is 359 g/mol. The van der Waals surface area contributed by atoms with Gasteiger partial charge in [-0.25, -0.2) is 4.39 Å². The van der Waals surface area contributed by atoms with Gasteiger partial charge in [-0.15, -0.1) is 0 Å². The molecule has 2 aromatic carbocycles. The van der Waals surface area contributed by atoms with E-state index in [9.17, 15) is 14.0 Å². The van der Waals surface area contributed by atoms with E-state index in [1.54, 1.807) is 6.20 Å². The van der Waals surface area contributed by atoms with E-state index >= 15 is 0 Å². The van der Waals surface area contributed by atoms with Gasteiger partial charge < -0.3 is 9.72 Å². The van der Waals surface area contributed by atoms with Gasteiger partial charge in [0.25, 0.3) is 0 Å². The van der Waals surface area contributed by atoms with Gasteiger partial charge in [0.1, 0.15) is 5.82 Å². The maximum Gasteiger partial charge on any atom is 0.311 e. The van der Waals surface area contributed by atoms with Crippen molar-refractivity contribution in [3.05, 3.63) is 70.6 Å². The summed E-state index contributed by atoms with van der Waals surface area (Å²) in [5, 5.41) is 0.903. The molecule has 6 heteroatoms. The molecule has 1 N–H and O–H groups in total. The standard InChI is InChI=1S/C19H15ClFNO3/c1-11(19(24)14-10-22-17-8-3-2-5-12(14)17)25-18(23)9-13-15(20)6-4-7-16(13)21/h2-8,10-11,22H,9H2,1H3/t11-/m1/s1. The molecular weight excluding hydrogens is 345 g/mol. The summed E-state index contributed by atoms with van der Waals surface area (Å²) in [6, 6.07) is 11.5. The molecule has 0 aliphatic carbocycles. The highest BCUT2D eigenvalue weighted by molar-refractivity contribution is 6.31.